The maximum Gasteiger partial charge on any atom is 0.229 e. The molecule has 1 aromatic rings. The Morgan fingerprint density at radius 1 is 1.53 bits per heavy atom. The normalized spacial score (nSPS) is 21.1. The first-order chi connectivity index (χ1) is 7.09. The molecule has 0 spiro atoms. The molecule has 1 fully saturated rings. The van der Waals surface area contributed by atoms with E-state index in [-0.39, 0.29) is 11.8 Å². The minimum absolute atomic E-state index is 0.146. The van der Waals surface area contributed by atoms with Gasteiger partial charge in [0.25, 0.3) is 0 Å². The van der Waals surface area contributed by atoms with Crippen LogP contribution in [0, 0.1) is 12.8 Å². The fourth-order valence-corrected chi connectivity index (χ4v) is 2.27. The number of hydrogen-bond donors (Lipinski definition) is 0. The van der Waals surface area contributed by atoms with E-state index >= 15 is 0 Å². The number of carbonyl (C=O) groups is 1. The van der Waals surface area contributed by atoms with Gasteiger partial charge < -0.3 is 4.90 Å². The number of nitrogens with zero attached hydrogens (tertiary/aromatic N) is 2. The maximum atomic E-state index is 11.8. The van der Waals surface area contributed by atoms with Crippen molar-refractivity contribution in [3.8, 4) is 0 Å². The Balaban J connectivity index is 2.34. The zero-order valence-corrected chi connectivity index (χ0v) is 10.4. The van der Waals surface area contributed by atoms with Crippen LogP contribution in [0.2, 0.25) is 0 Å². The number of halogens is 1. The number of rotatable bonds is 1. The van der Waals surface area contributed by atoms with Gasteiger partial charge in [-0.15, -0.1) is 0 Å². The average molecular weight is 269 g/mol. The smallest absolute Gasteiger partial charge is 0.229 e. The van der Waals surface area contributed by atoms with Crippen molar-refractivity contribution in [1.29, 1.82) is 0 Å². The highest BCUT2D eigenvalue weighted by Crippen LogP contribution is 2.27. The Labute approximate surface area is 97.6 Å². The average Bonchev–Trinajstić information content (AvgIpc) is 2.49. The van der Waals surface area contributed by atoms with Crippen molar-refractivity contribution < 1.29 is 4.79 Å². The third-order valence-corrected chi connectivity index (χ3v) is 3.23. The number of hydrogen-bond acceptors (Lipinski definition) is 2. The SMILES string of the molecule is Cc1nc(Br)ccc1N1CCC(C)C1=O. The monoisotopic (exact) mass is 268 g/mol. The van der Waals surface area contributed by atoms with Gasteiger partial charge in [-0.05, 0) is 41.4 Å². The van der Waals surface area contributed by atoms with Crippen LogP contribution in [-0.4, -0.2) is 17.4 Å². The zero-order valence-electron chi connectivity index (χ0n) is 8.83. The first-order valence-corrected chi connectivity index (χ1v) is 5.83. The molecule has 0 aliphatic carbocycles. The van der Waals surface area contributed by atoms with Gasteiger partial charge in [0.05, 0.1) is 11.4 Å². The molecule has 1 atom stereocenters. The largest absolute Gasteiger partial charge is 0.310 e. The molecular weight excluding hydrogens is 256 g/mol. The van der Waals surface area contributed by atoms with Gasteiger partial charge in [0, 0.05) is 12.5 Å². The lowest BCUT2D eigenvalue weighted by Crippen LogP contribution is -2.27. The van der Waals surface area contributed by atoms with Crippen LogP contribution in [0.4, 0.5) is 5.69 Å². The second kappa shape index (κ2) is 3.93. The predicted molar refractivity (Wildman–Crippen MR) is 62.8 cm³/mol. The number of aryl methyl sites for hydroxylation is 1. The molecule has 0 saturated carbocycles. The minimum atomic E-state index is 0.146. The fraction of sp³-hybridized carbons (Fsp3) is 0.455. The molecule has 2 heterocycles. The quantitative estimate of drug-likeness (QED) is 0.734. The van der Waals surface area contributed by atoms with Crippen molar-refractivity contribution in [2.75, 3.05) is 11.4 Å². The molecule has 2 rings (SSSR count). The summed E-state index contributed by atoms with van der Waals surface area (Å²) in [6.07, 6.45) is 0.939. The first kappa shape index (κ1) is 10.6. The molecule has 1 aliphatic rings. The van der Waals surface area contributed by atoms with Crippen LogP contribution in [0.25, 0.3) is 0 Å². The van der Waals surface area contributed by atoms with E-state index in [4.69, 9.17) is 0 Å². The van der Waals surface area contributed by atoms with Gasteiger partial charge in [-0.1, -0.05) is 6.92 Å². The van der Waals surface area contributed by atoms with Gasteiger partial charge in [-0.2, -0.15) is 0 Å². The number of anilines is 1. The molecule has 1 amide bonds. The van der Waals surface area contributed by atoms with Crippen LogP contribution in [0.5, 0.6) is 0 Å². The van der Waals surface area contributed by atoms with E-state index < -0.39 is 0 Å². The topological polar surface area (TPSA) is 33.2 Å². The molecule has 4 heteroatoms. The minimum Gasteiger partial charge on any atom is -0.310 e. The summed E-state index contributed by atoms with van der Waals surface area (Å²) < 4.78 is 0.809. The van der Waals surface area contributed by atoms with Gasteiger partial charge in [-0.3, -0.25) is 4.79 Å². The second-order valence-corrected chi connectivity index (χ2v) is 4.73. The Hall–Kier alpha value is -0.900. The molecule has 0 radical (unpaired) electrons. The van der Waals surface area contributed by atoms with Crippen molar-refractivity contribution >= 4 is 27.5 Å². The lowest BCUT2D eigenvalue weighted by atomic mass is 10.1. The van der Waals surface area contributed by atoms with E-state index in [0.29, 0.717) is 0 Å². The van der Waals surface area contributed by atoms with Crippen molar-refractivity contribution in [3.63, 3.8) is 0 Å². The lowest BCUT2D eigenvalue weighted by Gasteiger charge is -2.18. The Bertz CT molecular complexity index is 406. The van der Waals surface area contributed by atoms with Gasteiger partial charge in [0.2, 0.25) is 5.91 Å². The molecule has 1 aromatic heterocycles. The van der Waals surface area contributed by atoms with Crippen LogP contribution in [-0.2, 0) is 4.79 Å². The number of carbonyl (C=O) groups excluding carboxylic acids is 1. The van der Waals surface area contributed by atoms with Crippen molar-refractivity contribution in [3.05, 3.63) is 22.4 Å². The number of aromatic nitrogens is 1. The van der Waals surface area contributed by atoms with E-state index in [1.165, 1.54) is 0 Å². The molecule has 15 heavy (non-hydrogen) atoms. The third-order valence-electron chi connectivity index (χ3n) is 2.79. The molecule has 1 saturated heterocycles. The number of pyridine rings is 1. The molecule has 1 unspecified atom stereocenters. The van der Waals surface area contributed by atoms with Gasteiger partial charge in [0.1, 0.15) is 4.60 Å². The lowest BCUT2D eigenvalue weighted by molar-refractivity contribution is -0.119. The molecular formula is C11H13BrN2O. The van der Waals surface area contributed by atoms with Crippen molar-refractivity contribution in [1.82, 2.24) is 4.98 Å². The Morgan fingerprint density at radius 3 is 2.80 bits per heavy atom. The van der Waals surface area contributed by atoms with Gasteiger partial charge in [-0.25, -0.2) is 4.98 Å². The summed E-state index contributed by atoms with van der Waals surface area (Å²) in [6, 6.07) is 3.82. The van der Waals surface area contributed by atoms with Crippen LogP contribution in [0.15, 0.2) is 16.7 Å². The van der Waals surface area contributed by atoms with Gasteiger partial charge >= 0.3 is 0 Å². The molecule has 0 bridgehead atoms. The highest BCUT2D eigenvalue weighted by atomic mass is 79.9. The summed E-state index contributed by atoms with van der Waals surface area (Å²) in [5.74, 6) is 0.357. The van der Waals surface area contributed by atoms with E-state index in [2.05, 4.69) is 20.9 Å². The summed E-state index contributed by atoms with van der Waals surface area (Å²) in [4.78, 5) is 18.0. The predicted octanol–water partition coefficient (Wildman–Crippen LogP) is 2.53. The van der Waals surface area contributed by atoms with Crippen LogP contribution >= 0.6 is 15.9 Å². The summed E-state index contributed by atoms with van der Waals surface area (Å²) in [6.45, 7) is 4.71. The van der Waals surface area contributed by atoms with Crippen LogP contribution in [0.1, 0.15) is 19.0 Å². The highest BCUT2D eigenvalue weighted by molar-refractivity contribution is 9.10. The Kier molecular flexibility index (Phi) is 2.78. The van der Waals surface area contributed by atoms with E-state index in [1.807, 2.05) is 30.9 Å². The second-order valence-electron chi connectivity index (χ2n) is 3.92. The highest BCUT2D eigenvalue weighted by Gasteiger charge is 2.29. The van der Waals surface area contributed by atoms with E-state index in [0.717, 1.165) is 29.0 Å². The molecule has 80 valence electrons. The van der Waals surface area contributed by atoms with Gasteiger partial charge in [0.15, 0.2) is 0 Å². The van der Waals surface area contributed by atoms with Crippen molar-refractivity contribution in [2.24, 2.45) is 5.92 Å². The van der Waals surface area contributed by atoms with Crippen LogP contribution in [0.3, 0.4) is 0 Å². The zero-order chi connectivity index (χ0) is 11.0. The first-order valence-electron chi connectivity index (χ1n) is 5.04. The fourth-order valence-electron chi connectivity index (χ4n) is 1.87. The Morgan fingerprint density at radius 2 is 2.27 bits per heavy atom. The maximum absolute atomic E-state index is 11.8. The number of amides is 1. The summed E-state index contributed by atoms with van der Waals surface area (Å²) in [5, 5.41) is 0. The van der Waals surface area contributed by atoms with Crippen LogP contribution < -0.4 is 4.90 Å². The summed E-state index contributed by atoms with van der Waals surface area (Å²) in [7, 11) is 0. The molecule has 1 aliphatic heterocycles. The molecule has 0 aromatic carbocycles. The van der Waals surface area contributed by atoms with E-state index in [9.17, 15) is 4.79 Å². The van der Waals surface area contributed by atoms with E-state index in [1.54, 1.807) is 0 Å². The summed E-state index contributed by atoms with van der Waals surface area (Å²) >= 11 is 3.32. The van der Waals surface area contributed by atoms with Crippen molar-refractivity contribution in [2.45, 2.75) is 20.3 Å². The summed E-state index contributed by atoms with van der Waals surface area (Å²) in [5.41, 5.74) is 1.83. The standard InChI is InChI=1S/C11H13BrN2O/c1-7-5-6-14(11(7)15)9-3-4-10(12)13-8(9)2/h3-4,7H,5-6H2,1-2H3. The molecule has 0 N–H and O–H groups in total. The molecule has 3 nitrogen and oxygen atoms in total. The third kappa shape index (κ3) is 1.91.